The van der Waals surface area contributed by atoms with Gasteiger partial charge in [0.2, 0.25) is 0 Å². The summed E-state index contributed by atoms with van der Waals surface area (Å²) < 4.78 is 8.30. The quantitative estimate of drug-likeness (QED) is 0.719. The molecule has 0 radical (unpaired) electrons. The molecule has 0 heterocycles. The first-order valence-corrected chi connectivity index (χ1v) is 9.35. The molecule has 2 N–H and O–H groups in total. The van der Waals surface area contributed by atoms with Gasteiger partial charge in [-0.2, -0.15) is 0 Å². The highest BCUT2D eigenvalue weighted by Crippen LogP contribution is 2.39. The molecule has 4 atom stereocenters. The molecule has 0 amide bonds. The van der Waals surface area contributed by atoms with Crippen LogP contribution in [-0.4, -0.2) is 12.1 Å². The lowest BCUT2D eigenvalue weighted by Gasteiger charge is -2.32. The molecule has 2 rings (SSSR count). The van der Waals surface area contributed by atoms with Gasteiger partial charge in [0.15, 0.2) is 0 Å². The fourth-order valence-corrected chi connectivity index (χ4v) is 4.45. The van der Waals surface area contributed by atoms with E-state index in [4.69, 9.17) is 10.5 Å². The van der Waals surface area contributed by atoms with Gasteiger partial charge in [-0.3, -0.25) is 0 Å². The van der Waals surface area contributed by atoms with Crippen LogP contribution in [0.5, 0.6) is 5.75 Å². The van der Waals surface area contributed by atoms with Gasteiger partial charge in [0.1, 0.15) is 5.75 Å². The van der Waals surface area contributed by atoms with E-state index in [0.717, 1.165) is 45.8 Å². The van der Waals surface area contributed by atoms with E-state index in [1.165, 1.54) is 12.0 Å². The lowest BCUT2D eigenvalue weighted by Crippen LogP contribution is -2.29. The maximum Gasteiger partial charge on any atom is 0.148 e. The first-order valence-electron chi connectivity index (χ1n) is 7.77. The van der Waals surface area contributed by atoms with E-state index in [1.807, 2.05) is 6.92 Å². The zero-order valence-corrected chi connectivity index (χ0v) is 16.2. The number of hydrogen-bond acceptors (Lipinski definition) is 2. The summed E-state index contributed by atoms with van der Waals surface area (Å²) in [7, 11) is 0. The van der Waals surface area contributed by atoms with Gasteiger partial charge in [-0.15, -0.1) is 0 Å². The topological polar surface area (TPSA) is 35.2 Å². The molecule has 2 nitrogen and oxygen atoms in total. The van der Waals surface area contributed by atoms with Gasteiger partial charge < -0.3 is 10.5 Å². The Balaban J connectivity index is 2.10. The van der Waals surface area contributed by atoms with Crippen molar-refractivity contribution in [3.63, 3.8) is 0 Å². The summed E-state index contributed by atoms with van der Waals surface area (Å²) in [5.41, 5.74) is 7.10. The van der Waals surface area contributed by atoms with Crippen LogP contribution in [0.25, 0.3) is 0 Å². The summed E-state index contributed by atoms with van der Waals surface area (Å²) in [4.78, 5) is 0. The van der Waals surface area contributed by atoms with Gasteiger partial charge >= 0.3 is 0 Å². The van der Waals surface area contributed by atoms with Crippen molar-refractivity contribution in [1.29, 1.82) is 0 Å². The lowest BCUT2D eigenvalue weighted by molar-refractivity contribution is 0.0992. The normalized spacial score (nSPS) is 27.4. The molecule has 1 aromatic rings. The van der Waals surface area contributed by atoms with E-state index in [-0.39, 0.29) is 6.04 Å². The second kappa shape index (κ2) is 7.47. The van der Waals surface area contributed by atoms with Crippen molar-refractivity contribution in [2.24, 2.45) is 17.6 Å². The van der Waals surface area contributed by atoms with Crippen molar-refractivity contribution in [3.05, 3.63) is 26.6 Å². The first-order chi connectivity index (χ1) is 9.86. The fraction of sp³-hybridized carbons (Fsp3) is 0.647. The van der Waals surface area contributed by atoms with Crippen LogP contribution in [-0.2, 0) is 6.42 Å². The molecule has 1 aliphatic rings. The van der Waals surface area contributed by atoms with Gasteiger partial charge in [0, 0.05) is 6.04 Å². The van der Waals surface area contributed by atoms with Crippen LogP contribution in [0.4, 0.5) is 0 Å². The Kier molecular flexibility index (Phi) is 6.15. The second-order valence-electron chi connectivity index (χ2n) is 6.58. The van der Waals surface area contributed by atoms with Crippen LogP contribution in [0.2, 0.25) is 0 Å². The summed E-state index contributed by atoms with van der Waals surface area (Å²) in [5, 5.41) is 0. The Hall–Kier alpha value is -0.0600. The third-order valence-electron chi connectivity index (χ3n) is 4.45. The summed E-state index contributed by atoms with van der Waals surface area (Å²) in [6.45, 7) is 6.70. The molecule has 118 valence electrons. The number of hydrogen-bond donors (Lipinski definition) is 1. The van der Waals surface area contributed by atoms with Crippen LogP contribution in [0.1, 0.15) is 45.6 Å². The number of halogens is 2. The average Bonchev–Trinajstić information content (AvgIpc) is 2.37. The van der Waals surface area contributed by atoms with Crippen LogP contribution >= 0.6 is 31.9 Å². The molecule has 1 aliphatic carbocycles. The van der Waals surface area contributed by atoms with Gasteiger partial charge in [0.05, 0.1) is 15.0 Å². The Labute approximate surface area is 145 Å². The number of benzene rings is 1. The van der Waals surface area contributed by atoms with E-state index in [2.05, 4.69) is 57.8 Å². The van der Waals surface area contributed by atoms with Gasteiger partial charge in [-0.25, -0.2) is 0 Å². The third-order valence-corrected chi connectivity index (χ3v) is 5.63. The van der Waals surface area contributed by atoms with Crippen molar-refractivity contribution < 1.29 is 4.74 Å². The van der Waals surface area contributed by atoms with Crippen molar-refractivity contribution in [3.8, 4) is 5.75 Å². The Bertz CT molecular complexity index is 467. The Morgan fingerprint density at radius 1 is 1.19 bits per heavy atom. The monoisotopic (exact) mass is 417 g/mol. The van der Waals surface area contributed by atoms with Crippen LogP contribution in [0, 0.1) is 11.8 Å². The minimum atomic E-state index is 0.163. The highest BCUT2D eigenvalue weighted by atomic mass is 79.9. The molecule has 1 saturated carbocycles. The summed E-state index contributed by atoms with van der Waals surface area (Å²) in [6.07, 6.45) is 4.73. The Morgan fingerprint density at radius 2 is 1.81 bits per heavy atom. The first kappa shape index (κ1) is 17.3. The van der Waals surface area contributed by atoms with E-state index >= 15 is 0 Å². The zero-order chi connectivity index (χ0) is 15.6. The smallest absolute Gasteiger partial charge is 0.148 e. The molecule has 0 saturated heterocycles. The van der Waals surface area contributed by atoms with Crippen LogP contribution in [0.15, 0.2) is 21.1 Å². The zero-order valence-electron chi connectivity index (χ0n) is 13.0. The van der Waals surface area contributed by atoms with E-state index in [1.54, 1.807) is 0 Å². The van der Waals surface area contributed by atoms with Crippen molar-refractivity contribution in [1.82, 2.24) is 0 Å². The van der Waals surface area contributed by atoms with Gasteiger partial charge in [0.25, 0.3) is 0 Å². The maximum atomic E-state index is 6.27. The average molecular weight is 419 g/mol. The minimum absolute atomic E-state index is 0.163. The summed E-state index contributed by atoms with van der Waals surface area (Å²) in [5.74, 6) is 2.47. The highest BCUT2D eigenvalue weighted by Gasteiger charge is 2.26. The molecule has 4 unspecified atom stereocenters. The molecule has 0 aromatic heterocycles. The minimum Gasteiger partial charge on any atom is -0.488 e. The molecule has 0 spiro atoms. The molecular formula is C17H25Br2NO. The third kappa shape index (κ3) is 4.70. The largest absolute Gasteiger partial charge is 0.488 e. The predicted octanol–water partition coefficient (Wildman–Crippen LogP) is 5.30. The van der Waals surface area contributed by atoms with E-state index in [9.17, 15) is 0 Å². The predicted molar refractivity (Wildman–Crippen MR) is 95.8 cm³/mol. The van der Waals surface area contributed by atoms with Crippen LogP contribution < -0.4 is 10.5 Å². The number of rotatable bonds is 4. The molecule has 1 aromatic carbocycles. The van der Waals surface area contributed by atoms with Gasteiger partial charge in [-0.1, -0.05) is 13.8 Å². The second-order valence-corrected chi connectivity index (χ2v) is 8.29. The number of ether oxygens (including phenoxy) is 1. The van der Waals surface area contributed by atoms with Crippen molar-refractivity contribution in [2.45, 2.75) is 58.6 Å². The summed E-state index contributed by atoms with van der Waals surface area (Å²) in [6, 6.07) is 4.41. The molecule has 21 heavy (non-hydrogen) atoms. The summed E-state index contributed by atoms with van der Waals surface area (Å²) >= 11 is 7.29. The molecule has 0 bridgehead atoms. The molecule has 1 fully saturated rings. The maximum absolute atomic E-state index is 6.27. The SMILES string of the molecule is CC(N)Cc1cc(Br)c(OC2CCC(C)C(C)C2)c(Br)c1. The Morgan fingerprint density at radius 3 is 2.33 bits per heavy atom. The molecular weight excluding hydrogens is 394 g/mol. The standard InChI is InChI=1S/C17H25Br2NO/c1-10-4-5-14(6-11(10)2)21-17-15(18)8-13(7-12(3)20)9-16(17)19/h8-12,14H,4-7,20H2,1-3H3. The molecule has 4 heteroatoms. The highest BCUT2D eigenvalue weighted by molar-refractivity contribution is 9.11. The van der Waals surface area contributed by atoms with Crippen molar-refractivity contribution >= 4 is 31.9 Å². The fourth-order valence-electron chi connectivity index (χ4n) is 2.99. The number of nitrogens with two attached hydrogens (primary N) is 1. The van der Waals surface area contributed by atoms with Crippen LogP contribution in [0.3, 0.4) is 0 Å². The van der Waals surface area contributed by atoms with Gasteiger partial charge in [-0.05, 0) is 94.0 Å². The lowest BCUT2D eigenvalue weighted by atomic mass is 9.80. The molecule has 0 aliphatic heterocycles. The van der Waals surface area contributed by atoms with Crippen molar-refractivity contribution in [2.75, 3.05) is 0 Å². The van der Waals surface area contributed by atoms with E-state index in [0.29, 0.717) is 6.10 Å². The van der Waals surface area contributed by atoms with E-state index < -0.39 is 0 Å².